The van der Waals surface area contributed by atoms with Crippen molar-refractivity contribution in [3.63, 3.8) is 0 Å². The molecule has 1 aromatic carbocycles. The molecule has 3 N–H and O–H groups in total. The van der Waals surface area contributed by atoms with Crippen LogP contribution in [0, 0.1) is 3.57 Å². The number of benzene rings is 1. The first kappa shape index (κ1) is 10.2. The molecule has 0 saturated carbocycles. The molecule has 0 aromatic heterocycles. The van der Waals surface area contributed by atoms with Crippen LogP contribution in [-0.2, 0) is 0 Å². The van der Waals surface area contributed by atoms with E-state index in [4.69, 9.17) is 22.4 Å². The minimum Gasteiger partial charge on any atom is -0.394 e. The minimum absolute atomic E-state index is 0.0591. The Morgan fingerprint density at radius 2 is 2.17 bits per heavy atom. The van der Waals surface area contributed by atoms with Crippen LogP contribution in [0.2, 0.25) is 5.02 Å². The zero-order valence-electron chi connectivity index (χ0n) is 6.30. The number of nitrogens with two attached hydrogens (primary N) is 1. The monoisotopic (exact) mass is 297 g/mol. The van der Waals surface area contributed by atoms with Gasteiger partial charge < -0.3 is 10.8 Å². The molecule has 0 fully saturated rings. The van der Waals surface area contributed by atoms with Gasteiger partial charge in [0.15, 0.2) is 0 Å². The van der Waals surface area contributed by atoms with Gasteiger partial charge in [0.1, 0.15) is 0 Å². The molecule has 0 amide bonds. The van der Waals surface area contributed by atoms with E-state index in [1.807, 2.05) is 12.1 Å². The summed E-state index contributed by atoms with van der Waals surface area (Å²) < 4.78 is 1.03. The van der Waals surface area contributed by atoms with Crippen molar-refractivity contribution in [1.82, 2.24) is 0 Å². The smallest absolute Gasteiger partial charge is 0.0624 e. The molecule has 1 rings (SSSR count). The highest BCUT2D eigenvalue weighted by Gasteiger charge is 2.05. The van der Waals surface area contributed by atoms with Crippen LogP contribution in [0.1, 0.15) is 11.6 Å². The van der Waals surface area contributed by atoms with Gasteiger partial charge in [-0.15, -0.1) is 0 Å². The standard InChI is InChI=1S/C8H9ClINO/c9-6-1-5(8(11)4-12)2-7(10)3-6/h1-3,8,12H,4,11H2. The molecule has 1 atom stereocenters. The molecule has 0 radical (unpaired) electrons. The molecular weight excluding hydrogens is 288 g/mol. The van der Waals surface area contributed by atoms with Gasteiger partial charge in [0.25, 0.3) is 0 Å². The third kappa shape index (κ3) is 2.58. The number of rotatable bonds is 2. The highest BCUT2D eigenvalue weighted by atomic mass is 127. The Bertz CT molecular complexity index is 260. The quantitative estimate of drug-likeness (QED) is 0.820. The van der Waals surface area contributed by atoms with Gasteiger partial charge in [-0.1, -0.05) is 11.6 Å². The largest absolute Gasteiger partial charge is 0.394 e. The lowest BCUT2D eigenvalue weighted by Gasteiger charge is -2.08. The van der Waals surface area contributed by atoms with Crippen molar-refractivity contribution in [2.75, 3.05) is 6.61 Å². The fourth-order valence-electron chi connectivity index (χ4n) is 0.895. The summed E-state index contributed by atoms with van der Waals surface area (Å²) in [4.78, 5) is 0. The van der Waals surface area contributed by atoms with Crippen molar-refractivity contribution < 1.29 is 5.11 Å². The van der Waals surface area contributed by atoms with Crippen LogP contribution in [0.25, 0.3) is 0 Å². The minimum atomic E-state index is -0.336. The predicted octanol–water partition coefficient (Wildman–Crippen LogP) is 1.94. The molecule has 0 aliphatic heterocycles. The van der Waals surface area contributed by atoms with E-state index >= 15 is 0 Å². The van der Waals surface area contributed by atoms with E-state index in [9.17, 15) is 0 Å². The van der Waals surface area contributed by atoms with Crippen LogP contribution in [0.3, 0.4) is 0 Å². The van der Waals surface area contributed by atoms with Gasteiger partial charge >= 0.3 is 0 Å². The lowest BCUT2D eigenvalue weighted by Crippen LogP contribution is -2.14. The maximum atomic E-state index is 8.80. The Kier molecular flexibility index (Phi) is 3.77. The van der Waals surface area contributed by atoms with Gasteiger partial charge in [-0.25, -0.2) is 0 Å². The zero-order chi connectivity index (χ0) is 9.14. The second-order valence-corrected chi connectivity index (χ2v) is 4.17. The molecule has 0 saturated heterocycles. The van der Waals surface area contributed by atoms with Gasteiger partial charge in [0.05, 0.1) is 12.6 Å². The van der Waals surface area contributed by atoms with Crippen LogP contribution in [0.5, 0.6) is 0 Å². The normalized spacial score (nSPS) is 13.0. The lowest BCUT2D eigenvalue weighted by molar-refractivity contribution is 0.268. The first-order valence-corrected chi connectivity index (χ1v) is 4.91. The molecule has 2 nitrogen and oxygen atoms in total. The van der Waals surface area contributed by atoms with Crippen LogP contribution in [-0.4, -0.2) is 11.7 Å². The van der Waals surface area contributed by atoms with Crippen LogP contribution >= 0.6 is 34.2 Å². The van der Waals surface area contributed by atoms with Gasteiger partial charge in [-0.2, -0.15) is 0 Å². The molecule has 0 spiro atoms. The van der Waals surface area contributed by atoms with Crippen molar-refractivity contribution in [3.8, 4) is 0 Å². The predicted molar refractivity (Wildman–Crippen MR) is 58.2 cm³/mol. The van der Waals surface area contributed by atoms with E-state index < -0.39 is 0 Å². The fourth-order valence-corrected chi connectivity index (χ4v) is 2.02. The first-order chi connectivity index (χ1) is 5.63. The summed E-state index contributed by atoms with van der Waals surface area (Å²) in [6.45, 7) is -0.0591. The first-order valence-electron chi connectivity index (χ1n) is 3.46. The maximum absolute atomic E-state index is 8.80. The average molecular weight is 298 g/mol. The average Bonchev–Trinajstić information content (AvgIpc) is 2.01. The van der Waals surface area contributed by atoms with Crippen molar-refractivity contribution in [3.05, 3.63) is 32.4 Å². The molecule has 1 unspecified atom stereocenters. The topological polar surface area (TPSA) is 46.2 Å². The number of aliphatic hydroxyl groups is 1. The molecule has 12 heavy (non-hydrogen) atoms. The number of aliphatic hydroxyl groups excluding tert-OH is 1. The molecule has 0 aliphatic rings. The van der Waals surface area contributed by atoms with E-state index in [-0.39, 0.29) is 12.6 Å². The Morgan fingerprint density at radius 1 is 1.50 bits per heavy atom. The SMILES string of the molecule is NC(CO)c1cc(Cl)cc(I)c1. The van der Waals surface area contributed by atoms with E-state index in [1.54, 1.807) is 6.07 Å². The Hall–Kier alpha value is 0.160. The molecule has 0 aliphatic carbocycles. The van der Waals surface area contributed by atoms with E-state index in [2.05, 4.69) is 22.6 Å². The van der Waals surface area contributed by atoms with E-state index in [0.29, 0.717) is 5.02 Å². The molecule has 0 heterocycles. The Balaban J connectivity index is 3.00. The van der Waals surface area contributed by atoms with E-state index in [1.165, 1.54) is 0 Å². The third-order valence-corrected chi connectivity index (χ3v) is 2.35. The van der Waals surface area contributed by atoms with Crippen LogP contribution < -0.4 is 5.73 Å². The van der Waals surface area contributed by atoms with Gasteiger partial charge in [-0.05, 0) is 46.4 Å². The van der Waals surface area contributed by atoms with Crippen molar-refractivity contribution in [2.45, 2.75) is 6.04 Å². The summed E-state index contributed by atoms with van der Waals surface area (Å²) in [6, 6.07) is 5.19. The molecule has 4 heteroatoms. The highest BCUT2D eigenvalue weighted by molar-refractivity contribution is 14.1. The number of hydrogen-bond acceptors (Lipinski definition) is 2. The molecular formula is C8H9ClINO. The summed E-state index contributed by atoms with van der Waals surface area (Å²) in [7, 11) is 0. The van der Waals surface area contributed by atoms with Crippen molar-refractivity contribution in [1.29, 1.82) is 0 Å². The number of halogens is 2. The Morgan fingerprint density at radius 3 is 2.67 bits per heavy atom. The zero-order valence-corrected chi connectivity index (χ0v) is 9.21. The summed E-state index contributed by atoms with van der Waals surface area (Å²) in [5.41, 5.74) is 6.49. The summed E-state index contributed by atoms with van der Waals surface area (Å²) in [5.74, 6) is 0. The van der Waals surface area contributed by atoms with E-state index in [0.717, 1.165) is 9.13 Å². The second kappa shape index (κ2) is 4.41. The maximum Gasteiger partial charge on any atom is 0.0624 e. The third-order valence-electron chi connectivity index (χ3n) is 1.51. The fraction of sp³-hybridized carbons (Fsp3) is 0.250. The highest BCUT2D eigenvalue weighted by Crippen LogP contribution is 2.20. The summed E-state index contributed by atoms with van der Waals surface area (Å²) in [5, 5.41) is 9.45. The van der Waals surface area contributed by atoms with Crippen LogP contribution in [0.4, 0.5) is 0 Å². The summed E-state index contributed by atoms with van der Waals surface area (Å²) >= 11 is 7.97. The lowest BCUT2D eigenvalue weighted by atomic mass is 10.1. The molecule has 66 valence electrons. The number of hydrogen-bond donors (Lipinski definition) is 2. The van der Waals surface area contributed by atoms with Crippen LogP contribution in [0.15, 0.2) is 18.2 Å². The van der Waals surface area contributed by atoms with Crippen molar-refractivity contribution >= 4 is 34.2 Å². The summed E-state index contributed by atoms with van der Waals surface area (Å²) in [6.07, 6.45) is 0. The van der Waals surface area contributed by atoms with Crippen molar-refractivity contribution in [2.24, 2.45) is 5.73 Å². The van der Waals surface area contributed by atoms with Gasteiger partial charge in [-0.3, -0.25) is 0 Å². The second-order valence-electron chi connectivity index (χ2n) is 2.49. The molecule has 0 bridgehead atoms. The molecule has 1 aromatic rings. The van der Waals surface area contributed by atoms with Gasteiger partial charge in [0, 0.05) is 8.59 Å². The van der Waals surface area contributed by atoms with Gasteiger partial charge in [0.2, 0.25) is 0 Å². The Labute approximate surface area is 89.9 Å².